The Morgan fingerprint density at radius 1 is 1.27 bits per heavy atom. The first kappa shape index (κ1) is 10.1. The van der Waals surface area contributed by atoms with Crippen LogP contribution in [0.1, 0.15) is 26.2 Å². The van der Waals surface area contributed by atoms with Gasteiger partial charge in [0.2, 0.25) is 6.79 Å². The molecule has 0 atom stereocenters. The van der Waals surface area contributed by atoms with Crippen molar-refractivity contribution >= 4 is 5.69 Å². The zero-order chi connectivity index (χ0) is 10.5. The molecular formula is C12H16NO2. The van der Waals surface area contributed by atoms with E-state index in [-0.39, 0.29) is 0 Å². The summed E-state index contributed by atoms with van der Waals surface area (Å²) in [4.78, 5) is 0. The normalized spacial score (nSPS) is 12.9. The lowest BCUT2D eigenvalue weighted by Gasteiger charge is -2.05. The van der Waals surface area contributed by atoms with E-state index in [1.165, 1.54) is 12.8 Å². The molecule has 1 aliphatic rings. The third-order valence-corrected chi connectivity index (χ3v) is 2.42. The Morgan fingerprint density at radius 2 is 2.20 bits per heavy atom. The van der Waals surface area contributed by atoms with Gasteiger partial charge in [0.1, 0.15) is 5.69 Å². The first-order valence-electron chi connectivity index (χ1n) is 5.48. The number of para-hydroxylation sites is 1. The summed E-state index contributed by atoms with van der Waals surface area (Å²) in [6.07, 6.45) is 3.60. The fourth-order valence-corrected chi connectivity index (χ4v) is 1.60. The molecular weight excluding hydrogens is 190 g/mol. The minimum absolute atomic E-state index is 0.316. The average Bonchev–Trinajstić information content (AvgIpc) is 2.73. The van der Waals surface area contributed by atoms with Crippen molar-refractivity contribution in [2.24, 2.45) is 0 Å². The van der Waals surface area contributed by atoms with E-state index in [1.807, 2.05) is 18.2 Å². The molecule has 0 fully saturated rings. The van der Waals surface area contributed by atoms with Crippen LogP contribution >= 0.6 is 0 Å². The second-order valence-corrected chi connectivity index (χ2v) is 3.60. The highest BCUT2D eigenvalue weighted by Gasteiger charge is 2.17. The predicted octanol–water partition coefficient (Wildman–Crippen LogP) is 2.84. The summed E-state index contributed by atoms with van der Waals surface area (Å²) in [5, 5.41) is 4.51. The Bertz CT molecular complexity index is 325. The van der Waals surface area contributed by atoms with E-state index in [9.17, 15) is 0 Å². The van der Waals surface area contributed by atoms with Crippen LogP contribution in [0.3, 0.4) is 0 Å². The Morgan fingerprint density at radius 3 is 3.07 bits per heavy atom. The standard InChI is InChI=1S/C12H16NO2/c1-2-3-4-8-13-10-6-5-7-11-12(10)15-9-14-11/h5-7H,2-4,8-9H2,1H3. The topological polar surface area (TPSA) is 32.6 Å². The van der Waals surface area contributed by atoms with Crippen LogP contribution in [0.15, 0.2) is 18.2 Å². The lowest BCUT2D eigenvalue weighted by molar-refractivity contribution is 0.174. The van der Waals surface area contributed by atoms with Crippen molar-refractivity contribution < 1.29 is 9.47 Å². The maximum Gasteiger partial charge on any atom is 0.231 e. The molecule has 0 aromatic heterocycles. The van der Waals surface area contributed by atoms with E-state index in [2.05, 4.69) is 12.2 Å². The van der Waals surface area contributed by atoms with Crippen molar-refractivity contribution in [2.45, 2.75) is 26.2 Å². The summed E-state index contributed by atoms with van der Waals surface area (Å²) in [5.41, 5.74) is 0.918. The molecule has 0 saturated heterocycles. The highest BCUT2D eigenvalue weighted by Crippen LogP contribution is 2.38. The van der Waals surface area contributed by atoms with Crippen molar-refractivity contribution in [1.29, 1.82) is 0 Å². The molecule has 0 amide bonds. The SMILES string of the molecule is CCCCC[N]c1cccc2c1OCO2. The van der Waals surface area contributed by atoms with E-state index >= 15 is 0 Å². The van der Waals surface area contributed by atoms with Gasteiger partial charge in [-0.3, -0.25) is 5.32 Å². The summed E-state index contributed by atoms with van der Waals surface area (Å²) in [7, 11) is 0. The minimum atomic E-state index is 0.316. The molecule has 1 aromatic carbocycles. The highest BCUT2D eigenvalue weighted by molar-refractivity contribution is 5.59. The molecule has 1 aliphatic heterocycles. The number of ether oxygens (including phenoxy) is 2. The first-order chi connectivity index (χ1) is 7.42. The Labute approximate surface area is 90.4 Å². The van der Waals surface area contributed by atoms with Crippen LogP contribution in [0.25, 0.3) is 0 Å². The summed E-state index contributed by atoms with van der Waals surface area (Å²) in [5.74, 6) is 1.61. The maximum absolute atomic E-state index is 5.37. The smallest absolute Gasteiger partial charge is 0.231 e. The molecule has 3 heteroatoms. The van der Waals surface area contributed by atoms with Crippen molar-refractivity contribution in [3.05, 3.63) is 18.2 Å². The zero-order valence-corrected chi connectivity index (χ0v) is 9.03. The number of nitrogens with zero attached hydrogens (tertiary/aromatic N) is 1. The summed E-state index contributed by atoms with van der Waals surface area (Å²) in [6.45, 7) is 3.38. The van der Waals surface area contributed by atoms with Gasteiger partial charge >= 0.3 is 0 Å². The second-order valence-electron chi connectivity index (χ2n) is 3.60. The average molecular weight is 206 g/mol. The van der Waals surface area contributed by atoms with Gasteiger partial charge in [0, 0.05) is 6.54 Å². The molecule has 1 aromatic rings. The second kappa shape index (κ2) is 4.91. The van der Waals surface area contributed by atoms with Crippen LogP contribution in [0, 0.1) is 0 Å². The molecule has 1 radical (unpaired) electrons. The fraction of sp³-hybridized carbons (Fsp3) is 0.500. The summed E-state index contributed by atoms with van der Waals surface area (Å²) in [6, 6.07) is 5.83. The first-order valence-corrected chi connectivity index (χ1v) is 5.48. The molecule has 0 spiro atoms. The quantitative estimate of drug-likeness (QED) is 0.694. The number of benzene rings is 1. The predicted molar refractivity (Wildman–Crippen MR) is 58.8 cm³/mol. The van der Waals surface area contributed by atoms with E-state index < -0.39 is 0 Å². The Kier molecular flexibility index (Phi) is 3.33. The molecule has 0 aliphatic carbocycles. The number of hydrogen-bond donors (Lipinski definition) is 0. The Hall–Kier alpha value is -1.38. The van der Waals surface area contributed by atoms with Crippen LogP contribution in [-0.4, -0.2) is 13.3 Å². The zero-order valence-electron chi connectivity index (χ0n) is 9.03. The molecule has 0 bridgehead atoms. The molecule has 0 unspecified atom stereocenters. The molecule has 0 saturated carbocycles. The van der Waals surface area contributed by atoms with Crippen molar-refractivity contribution in [1.82, 2.24) is 5.32 Å². The van der Waals surface area contributed by atoms with Gasteiger partial charge in [-0.05, 0) is 18.6 Å². The number of rotatable bonds is 5. The molecule has 81 valence electrons. The van der Waals surface area contributed by atoms with Gasteiger partial charge in [-0.1, -0.05) is 25.8 Å². The molecule has 0 N–H and O–H groups in total. The van der Waals surface area contributed by atoms with Gasteiger partial charge in [-0.15, -0.1) is 0 Å². The van der Waals surface area contributed by atoms with E-state index in [0.29, 0.717) is 6.79 Å². The summed E-state index contributed by atoms with van der Waals surface area (Å²) < 4.78 is 10.7. The van der Waals surface area contributed by atoms with Gasteiger partial charge < -0.3 is 9.47 Å². The lowest BCUT2D eigenvalue weighted by Crippen LogP contribution is -2.01. The van der Waals surface area contributed by atoms with Gasteiger partial charge in [0.15, 0.2) is 11.5 Å². The van der Waals surface area contributed by atoms with Crippen molar-refractivity contribution in [3.63, 3.8) is 0 Å². The van der Waals surface area contributed by atoms with Crippen LogP contribution in [0.4, 0.5) is 5.69 Å². The van der Waals surface area contributed by atoms with Crippen LogP contribution < -0.4 is 14.8 Å². The van der Waals surface area contributed by atoms with E-state index in [0.717, 1.165) is 30.2 Å². The summed E-state index contributed by atoms with van der Waals surface area (Å²) >= 11 is 0. The van der Waals surface area contributed by atoms with Gasteiger partial charge in [0.05, 0.1) is 0 Å². The number of unbranched alkanes of at least 4 members (excludes halogenated alkanes) is 2. The fourth-order valence-electron chi connectivity index (χ4n) is 1.60. The minimum Gasteiger partial charge on any atom is -0.454 e. The largest absolute Gasteiger partial charge is 0.454 e. The van der Waals surface area contributed by atoms with Gasteiger partial charge in [-0.2, -0.15) is 0 Å². The third-order valence-electron chi connectivity index (χ3n) is 2.42. The number of fused-ring (bicyclic) bond motifs is 1. The van der Waals surface area contributed by atoms with Gasteiger partial charge in [0.25, 0.3) is 0 Å². The Balaban J connectivity index is 1.94. The van der Waals surface area contributed by atoms with E-state index in [4.69, 9.17) is 9.47 Å². The van der Waals surface area contributed by atoms with Crippen LogP contribution in [0.5, 0.6) is 11.5 Å². The van der Waals surface area contributed by atoms with Crippen LogP contribution in [-0.2, 0) is 0 Å². The van der Waals surface area contributed by atoms with E-state index in [1.54, 1.807) is 0 Å². The monoisotopic (exact) mass is 206 g/mol. The van der Waals surface area contributed by atoms with Crippen molar-refractivity contribution in [3.8, 4) is 11.5 Å². The lowest BCUT2D eigenvalue weighted by atomic mass is 10.2. The van der Waals surface area contributed by atoms with Crippen molar-refractivity contribution in [2.75, 3.05) is 13.3 Å². The molecule has 15 heavy (non-hydrogen) atoms. The molecule has 3 nitrogen and oxygen atoms in total. The molecule has 1 heterocycles. The van der Waals surface area contributed by atoms with Crippen LogP contribution in [0.2, 0.25) is 0 Å². The third kappa shape index (κ3) is 2.35. The molecule has 2 rings (SSSR count). The number of hydrogen-bond acceptors (Lipinski definition) is 2. The maximum atomic E-state index is 5.37. The van der Waals surface area contributed by atoms with Gasteiger partial charge in [-0.25, -0.2) is 0 Å². The highest BCUT2D eigenvalue weighted by atomic mass is 16.7.